The summed E-state index contributed by atoms with van der Waals surface area (Å²) < 4.78 is 25.8. The Labute approximate surface area is 143 Å². The van der Waals surface area contributed by atoms with Crippen LogP contribution in [0, 0.1) is 5.92 Å². The quantitative estimate of drug-likeness (QED) is 0.716. The first-order valence-electron chi connectivity index (χ1n) is 8.18. The number of amides is 1. The number of rotatable bonds is 6. The second kappa shape index (κ2) is 7.96. The number of hydrogen-bond donors (Lipinski definition) is 3. The highest BCUT2D eigenvalue weighted by molar-refractivity contribution is 7.89. The van der Waals surface area contributed by atoms with Crippen LogP contribution in [0.1, 0.15) is 19.8 Å². The van der Waals surface area contributed by atoms with Crippen LogP contribution in [0.5, 0.6) is 0 Å². The standard InChI is InChI=1S/C16H26N4O3S/c1-4-18-14-8-7-13(24(22,23)20(2)3)10-15(14)19-16(21)12-6-5-9-17-11-12/h7-8,10,12,17-18H,4-6,9,11H2,1-3H3,(H,19,21). The largest absolute Gasteiger partial charge is 0.384 e. The molecular formula is C16H26N4O3S. The van der Waals surface area contributed by atoms with E-state index in [1.807, 2.05) is 6.92 Å². The molecule has 0 radical (unpaired) electrons. The van der Waals surface area contributed by atoms with Gasteiger partial charge in [-0.25, -0.2) is 12.7 Å². The maximum atomic E-state index is 12.5. The van der Waals surface area contributed by atoms with E-state index in [1.165, 1.54) is 20.2 Å². The van der Waals surface area contributed by atoms with Gasteiger partial charge in [0.05, 0.1) is 22.2 Å². The van der Waals surface area contributed by atoms with Gasteiger partial charge in [-0.05, 0) is 44.5 Å². The normalized spacial score (nSPS) is 18.4. The number of sulfonamides is 1. The number of benzene rings is 1. The Kier molecular flexibility index (Phi) is 6.20. The minimum atomic E-state index is -3.55. The smallest absolute Gasteiger partial charge is 0.242 e. The Morgan fingerprint density at radius 2 is 2.08 bits per heavy atom. The van der Waals surface area contributed by atoms with Gasteiger partial charge in [-0.3, -0.25) is 4.79 Å². The Bertz CT molecular complexity index is 683. The number of hydrogen-bond acceptors (Lipinski definition) is 5. The average molecular weight is 354 g/mol. The topological polar surface area (TPSA) is 90.5 Å². The van der Waals surface area contributed by atoms with Crippen molar-refractivity contribution in [3.05, 3.63) is 18.2 Å². The van der Waals surface area contributed by atoms with Crippen molar-refractivity contribution in [1.82, 2.24) is 9.62 Å². The van der Waals surface area contributed by atoms with Crippen LogP contribution < -0.4 is 16.0 Å². The molecule has 1 aromatic carbocycles. The maximum absolute atomic E-state index is 12.5. The van der Waals surface area contributed by atoms with Gasteiger partial charge in [0.1, 0.15) is 0 Å². The minimum Gasteiger partial charge on any atom is -0.384 e. The number of nitrogens with zero attached hydrogens (tertiary/aromatic N) is 1. The lowest BCUT2D eigenvalue weighted by molar-refractivity contribution is -0.120. The number of piperidine rings is 1. The van der Waals surface area contributed by atoms with E-state index in [0.29, 0.717) is 24.5 Å². The molecule has 0 aliphatic carbocycles. The van der Waals surface area contributed by atoms with Gasteiger partial charge < -0.3 is 16.0 Å². The number of carbonyl (C=O) groups is 1. The van der Waals surface area contributed by atoms with Gasteiger partial charge in [-0.15, -0.1) is 0 Å². The molecule has 1 amide bonds. The summed E-state index contributed by atoms with van der Waals surface area (Å²) >= 11 is 0. The summed E-state index contributed by atoms with van der Waals surface area (Å²) in [4.78, 5) is 12.6. The summed E-state index contributed by atoms with van der Waals surface area (Å²) in [6.07, 6.45) is 1.80. The zero-order chi connectivity index (χ0) is 17.7. The second-order valence-corrected chi connectivity index (χ2v) is 8.21. The molecule has 7 nitrogen and oxygen atoms in total. The highest BCUT2D eigenvalue weighted by Gasteiger charge is 2.23. The molecule has 24 heavy (non-hydrogen) atoms. The molecule has 1 fully saturated rings. The lowest BCUT2D eigenvalue weighted by Crippen LogP contribution is -2.37. The molecule has 1 unspecified atom stereocenters. The monoisotopic (exact) mass is 354 g/mol. The first kappa shape index (κ1) is 18.7. The molecule has 0 spiro atoms. The first-order chi connectivity index (χ1) is 11.4. The SMILES string of the molecule is CCNc1ccc(S(=O)(=O)N(C)C)cc1NC(=O)C1CCCNC1. The number of nitrogens with one attached hydrogen (secondary N) is 3. The van der Waals surface area contributed by atoms with Crippen LogP contribution in [0.2, 0.25) is 0 Å². The van der Waals surface area contributed by atoms with Crippen LogP contribution in [0.25, 0.3) is 0 Å². The molecule has 8 heteroatoms. The molecule has 1 aliphatic rings. The molecule has 1 aliphatic heterocycles. The van der Waals surface area contributed by atoms with E-state index in [0.717, 1.165) is 23.7 Å². The molecule has 2 rings (SSSR count). The zero-order valence-electron chi connectivity index (χ0n) is 14.4. The van der Waals surface area contributed by atoms with Crippen LogP contribution in [-0.4, -0.2) is 52.4 Å². The Hall–Kier alpha value is -1.64. The number of anilines is 2. The van der Waals surface area contributed by atoms with E-state index < -0.39 is 10.0 Å². The van der Waals surface area contributed by atoms with Gasteiger partial charge in [0.2, 0.25) is 15.9 Å². The lowest BCUT2D eigenvalue weighted by Gasteiger charge is -2.23. The van der Waals surface area contributed by atoms with E-state index in [4.69, 9.17) is 0 Å². The van der Waals surface area contributed by atoms with Crippen molar-refractivity contribution in [3.8, 4) is 0 Å². The van der Waals surface area contributed by atoms with Gasteiger partial charge in [-0.2, -0.15) is 0 Å². The van der Waals surface area contributed by atoms with Crippen molar-refractivity contribution in [2.75, 3.05) is 44.4 Å². The summed E-state index contributed by atoms with van der Waals surface area (Å²) in [6, 6.07) is 4.75. The predicted octanol–water partition coefficient (Wildman–Crippen LogP) is 1.31. The lowest BCUT2D eigenvalue weighted by atomic mass is 9.99. The van der Waals surface area contributed by atoms with Gasteiger partial charge in [0.15, 0.2) is 0 Å². The maximum Gasteiger partial charge on any atom is 0.242 e. The molecule has 0 bridgehead atoms. The van der Waals surface area contributed by atoms with Crippen molar-refractivity contribution >= 4 is 27.3 Å². The summed E-state index contributed by atoms with van der Waals surface area (Å²) in [6.45, 7) is 4.20. The van der Waals surface area contributed by atoms with E-state index in [-0.39, 0.29) is 16.7 Å². The minimum absolute atomic E-state index is 0.0826. The third-order valence-electron chi connectivity index (χ3n) is 4.06. The zero-order valence-corrected chi connectivity index (χ0v) is 15.2. The molecule has 1 atom stereocenters. The molecular weight excluding hydrogens is 328 g/mol. The van der Waals surface area contributed by atoms with Crippen molar-refractivity contribution < 1.29 is 13.2 Å². The molecule has 134 valence electrons. The Morgan fingerprint density at radius 1 is 1.33 bits per heavy atom. The van der Waals surface area contributed by atoms with Crippen molar-refractivity contribution in [2.24, 2.45) is 5.92 Å². The fraction of sp³-hybridized carbons (Fsp3) is 0.562. The highest BCUT2D eigenvalue weighted by atomic mass is 32.2. The Morgan fingerprint density at radius 3 is 2.67 bits per heavy atom. The third-order valence-corrected chi connectivity index (χ3v) is 5.87. The fourth-order valence-electron chi connectivity index (χ4n) is 2.65. The van der Waals surface area contributed by atoms with Gasteiger partial charge in [0.25, 0.3) is 0 Å². The van der Waals surface area contributed by atoms with Gasteiger partial charge in [0, 0.05) is 27.2 Å². The molecule has 0 aromatic heterocycles. The fourth-order valence-corrected chi connectivity index (χ4v) is 3.58. The van der Waals surface area contributed by atoms with Crippen LogP contribution in [0.3, 0.4) is 0 Å². The van der Waals surface area contributed by atoms with Crippen molar-refractivity contribution in [3.63, 3.8) is 0 Å². The van der Waals surface area contributed by atoms with E-state index in [9.17, 15) is 13.2 Å². The van der Waals surface area contributed by atoms with E-state index >= 15 is 0 Å². The second-order valence-electron chi connectivity index (χ2n) is 6.06. The third kappa shape index (κ3) is 4.25. The Balaban J connectivity index is 2.29. The van der Waals surface area contributed by atoms with Crippen LogP contribution in [0.15, 0.2) is 23.1 Å². The van der Waals surface area contributed by atoms with Crippen LogP contribution >= 0.6 is 0 Å². The molecule has 1 saturated heterocycles. The van der Waals surface area contributed by atoms with E-state index in [2.05, 4.69) is 16.0 Å². The van der Waals surface area contributed by atoms with Gasteiger partial charge >= 0.3 is 0 Å². The number of carbonyl (C=O) groups excluding carboxylic acids is 1. The predicted molar refractivity (Wildman–Crippen MR) is 95.7 cm³/mol. The van der Waals surface area contributed by atoms with Crippen LogP contribution in [-0.2, 0) is 14.8 Å². The average Bonchev–Trinajstić information content (AvgIpc) is 2.57. The van der Waals surface area contributed by atoms with E-state index in [1.54, 1.807) is 12.1 Å². The molecule has 3 N–H and O–H groups in total. The van der Waals surface area contributed by atoms with Crippen LogP contribution in [0.4, 0.5) is 11.4 Å². The first-order valence-corrected chi connectivity index (χ1v) is 9.62. The van der Waals surface area contributed by atoms with Crippen molar-refractivity contribution in [2.45, 2.75) is 24.7 Å². The summed E-state index contributed by atoms with van der Waals surface area (Å²) in [7, 11) is -0.579. The summed E-state index contributed by atoms with van der Waals surface area (Å²) in [5.41, 5.74) is 1.21. The molecule has 1 aromatic rings. The van der Waals surface area contributed by atoms with Crippen molar-refractivity contribution in [1.29, 1.82) is 0 Å². The molecule has 0 saturated carbocycles. The summed E-state index contributed by atoms with van der Waals surface area (Å²) in [5.74, 6) is -0.178. The molecule has 1 heterocycles. The highest BCUT2D eigenvalue weighted by Crippen LogP contribution is 2.27. The van der Waals surface area contributed by atoms with Gasteiger partial charge in [-0.1, -0.05) is 0 Å². The summed E-state index contributed by atoms with van der Waals surface area (Å²) in [5, 5.41) is 9.26.